The molecule has 0 spiro atoms. The Kier molecular flexibility index (Phi) is 3.09. The van der Waals surface area contributed by atoms with E-state index in [1.807, 2.05) is 0 Å². The molecule has 1 fully saturated rings. The van der Waals surface area contributed by atoms with Gasteiger partial charge in [0.1, 0.15) is 0 Å². The Morgan fingerprint density at radius 2 is 1.78 bits per heavy atom. The average molecular weight is 265 g/mol. The van der Waals surface area contributed by atoms with Crippen LogP contribution in [0.3, 0.4) is 0 Å². The highest BCUT2D eigenvalue weighted by atomic mass is 19.4. The Morgan fingerprint density at radius 1 is 1.17 bits per heavy atom. The van der Waals surface area contributed by atoms with Crippen LogP contribution in [0.5, 0.6) is 0 Å². The van der Waals surface area contributed by atoms with Gasteiger partial charge in [0, 0.05) is 5.54 Å². The molecule has 0 aromatic heterocycles. The summed E-state index contributed by atoms with van der Waals surface area (Å²) >= 11 is 0. The quantitative estimate of drug-likeness (QED) is 0.831. The maximum Gasteiger partial charge on any atom is 0.416 e. The molecule has 1 aliphatic carbocycles. The lowest BCUT2D eigenvalue weighted by Gasteiger charge is -2.23. The SMILES string of the molecule is NC1(C(c2cccc(C(F)(F)F)c2)C(F)F)CC1. The van der Waals surface area contributed by atoms with Gasteiger partial charge >= 0.3 is 6.18 Å². The van der Waals surface area contributed by atoms with Gasteiger partial charge in [0.05, 0.1) is 11.5 Å². The van der Waals surface area contributed by atoms with Crippen molar-refractivity contribution in [3.63, 3.8) is 0 Å². The molecular weight excluding hydrogens is 253 g/mol. The first kappa shape index (κ1) is 13.3. The zero-order valence-electron chi connectivity index (χ0n) is 9.35. The van der Waals surface area contributed by atoms with E-state index in [1.54, 1.807) is 0 Å². The lowest BCUT2D eigenvalue weighted by atomic mass is 9.89. The third-order valence-electron chi connectivity index (χ3n) is 3.27. The van der Waals surface area contributed by atoms with Gasteiger partial charge in [-0.15, -0.1) is 0 Å². The number of benzene rings is 1. The van der Waals surface area contributed by atoms with Crippen molar-refractivity contribution in [1.29, 1.82) is 0 Å². The van der Waals surface area contributed by atoms with Gasteiger partial charge in [0.25, 0.3) is 0 Å². The zero-order chi connectivity index (χ0) is 13.6. The van der Waals surface area contributed by atoms with Gasteiger partial charge in [-0.3, -0.25) is 0 Å². The van der Waals surface area contributed by atoms with Crippen molar-refractivity contribution >= 4 is 0 Å². The largest absolute Gasteiger partial charge is 0.416 e. The highest BCUT2D eigenvalue weighted by molar-refractivity contribution is 5.33. The second kappa shape index (κ2) is 4.19. The average Bonchev–Trinajstić information content (AvgIpc) is 2.95. The zero-order valence-corrected chi connectivity index (χ0v) is 9.35. The molecule has 1 aliphatic rings. The van der Waals surface area contributed by atoms with Crippen molar-refractivity contribution in [2.45, 2.75) is 36.9 Å². The summed E-state index contributed by atoms with van der Waals surface area (Å²) in [4.78, 5) is 0. The van der Waals surface area contributed by atoms with Crippen molar-refractivity contribution in [2.75, 3.05) is 0 Å². The fraction of sp³-hybridized carbons (Fsp3) is 0.500. The fourth-order valence-electron chi connectivity index (χ4n) is 2.09. The number of halogens is 5. The molecule has 2 rings (SSSR count). The molecule has 0 heterocycles. The summed E-state index contributed by atoms with van der Waals surface area (Å²) in [6, 6.07) is 4.05. The molecule has 1 aromatic rings. The van der Waals surface area contributed by atoms with Crippen molar-refractivity contribution < 1.29 is 22.0 Å². The Hall–Kier alpha value is -1.17. The molecule has 0 aliphatic heterocycles. The van der Waals surface area contributed by atoms with Crippen LogP contribution in [0.1, 0.15) is 29.9 Å². The smallest absolute Gasteiger partial charge is 0.324 e. The van der Waals surface area contributed by atoms with Crippen molar-refractivity contribution in [2.24, 2.45) is 5.73 Å². The second-order valence-electron chi connectivity index (χ2n) is 4.67. The summed E-state index contributed by atoms with van der Waals surface area (Å²) in [5.41, 5.74) is 3.70. The second-order valence-corrected chi connectivity index (χ2v) is 4.67. The summed E-state index contributed by atoms with van der Waals surface area (Å²) < 4.78 is 63.6. The van der Waals surface area contributed by atoms with E-state index in [9.17, 15) is 22.0 Å². The molecule has 0 amide bonds. The maximum atomic E-state index is 13.0. The third kappa shape index (κ3) is 2.48. The number of hydrogen-bond donors (Lipinski definition) is 1. The van der Waals surface area contributed by atoms with E-state index < -0.39 is 29.6 Å². The summed E-state index contributed by atoms with van der Waals surface area (Å²) in [6.45, 7) is 0. The van der Waals surface area contributed by atoms with Crippen LogP contribution in [0.15, 0.2) is 24.3 Å². The van der Waals surface area contributed by atoms with E-state index in [-0.39, 0.29) is 5.56 Å². The first-order chi connectivity index (χ1) is 8.24. The number of hydrogen-bond acceptors (Lipinski definition) is 1. The third-order valence-corrected chi connectivity index (χ3v) is 3.27. The minimum absolute atomic E-state index is 0.0418. The standard InChI is InChI=1S/C12H12F5N/c13-10(14)9(11(18)4-5-11)7-2-1-3-8(6-7)12(15,16)17/h1-3,6,9-10H,4-5,18H2. The van der Waals surface area contributed by atoms with E-state index in [0.717, 1.165) is 18.2 Å². The van der Waals surface area contributed by atoms with Crippen LogP contribution in [0, 0.1) is 0 Å². The highest BCUT2D eigenvalue weighted by Crippen LogP contribution is 2.48. The predicted octanol–water partition coefficient (Wildman–Crippen LogP) is 3.55. The fourth-order valence-corrected chi connectivity index (χ4v) is 2.09. The molecule has 0 bridgehead atoms. The van der Waals surface area contributed by atoms with E-state index >= 15 is 0 Å². The topological polar surface area (TPSA) is 26.0 Å². The van der Waals surface area contributed by atoms with Gasteiger partial charge < -0.3 is 5.73 Å². The monoisotopic (exact) mass is 265 g/mol. The highest BCUT2D eigenvalue weighted by Gasteiger charge is 2.50. The molecule has 1 aromatic carbocycles. The van der Waals surface area contributed by atoms with Crippen LogP contribution in [-0.4, -0.2) is 12.0 Å². The Balaban J connectivity index is 2.37. The summed E-state index contributed by atoms with van der Waals surface area (Å²) in [5.74, 6) is -1.33. The van der Waals surface area contributed by atoms with E-state index in [2.05, 4.69) is 0 Å². The van der Waals surface area contributed by atoms with Crippen molar-refractivity contribution in [3.8, 4) is 0 Å². The first-order valence-electron chi connectivity index (χ1n) is 5.48. The molecule has 1 saturated carbocycles. The molecule has 0 radical (unpaired) electrons. The molecule has 1 atom stereocenters. The van der Waals surface area contributed by atoms with Crippen molar-refractivity contribution in [3.05, 3.63) is 35.4 Å². The van der Waals surface area contributed by atoms with Gasteiger partial charge in [-0.25, -0.2) is 8.78 Å². The lowest BCUT2D eigenvalue weighted by Crippen LogP contribution is -2.35. The summed E-state index contributed by atoms with van der Waals surface area (Å²) in [7, 11) is 0. The molecule has 1 nitrogen and oxygen atoms in total. The molecule has 6 heteroatoms. The Bertz CT molecular complexity index is 436. The van der Waals surface area contributed by atoms with Crippen LogP contribution in [-0.2, 0) is 6.18 Å². The minimum Gasteiger partial charge on any atom is -0.324 e. The van der Waals surface area contributed by atoms with Gasteiger partial charge in [0.15, 0.2) is 0 Å². The molecule has 2 N–H and O–H groups in total. The van der Waals surface area contributed by atoms with E-state index in [0.29, 0.717) is 12.8 Å². The van der Waals surface area contributed by atoms with E-state index in [1.165, 1.54) is 6.07 Å². The normalized spacial score (nSPS) is 19.9. The predicted molar refractivity (Wildman–Crippen MR) is 56.3 cm³/mol. The first-order valence-corrected chi connectivity index (χ1v) is 5.48. The molecule has 100 valence electrons. The van der Waals surface area contributed by atoms with Crippen LogP contribution in [0.2, 0.25) is 0 Å². The number of nitrogens with two attached hydrogens (primary N) is 1. The minimum atomic E-state index is -4.53. The van der Waals surface area contributed by atoms with Crippen LogP contribution >= 0.6 is 0 Å². The summed E-state index contributed by atoms with van der Waals surface area (Å²) in [5, 5.41) is 0. The van der Waals surface area contributed by atoms with Crippen LogP contribution < -0.4 is 5.73 Å². The Morgan fingerprint density at radius 3 is 2.22 bits per heavy atom. The van der Waals surface area contributed by atoms with E-state index in [4.69, 9.17) is 5.73 Å². The molecule has 0 saturated heterocycles. The summed E-state index contributed by atoms with van der Waals surface area (Å²) in [6.07, 6.45) is -6.47. The number of rotatable bonds is 3. The maximum absolute atomic E-state index is 13.0. The van der Waals surface area contributed by atoms with Crippen LogP contribution in [0.4, 0.5) is 22.0 Å². The van der Waals surface area contributed by atoms with Gasteiger partial charge in [-0.2, -0.15) is 13.2 Å². The van der Waals surface area contributed by atoms with Gasteiger partial charge in [-0.05, 0) is 24.5 Å². The van der Waals surface area contributed by atoms with Crippen LogP contribution in [0.25, 0.3) is 0 Å². The Labute approximate surface area is 101 Å². The number of alkyl halides is 5. The molecule has 18 heavy (non-hydrogen) atoms. The molecular formula is C12H12F5N. The molecule has 1 unspecified atom stereocenters. The van der Waals surface area contributed by atoms with Gasteiger partial charge in [0.2, 0.25) is 6.43 Å². The van der Waals surface area contributed by atoms with Crippen molar-refractivity contribution in [1.82, 2.24) is 0 Å². The van der Waals surface area contributed by atoms with Gasteiger partial charge in [-0.1, -0.05) is 18.2 Å². The lowest BCUT2D eigenvalue weighted by molar-refractivity contribution is -0.137.